The van der Waals surface area contributed by atoms with E-state index in [-0.39, 0.29) is 11.4 Å². The number of thioether (sulfide) groups is 1. The Hall–Kier alpha value is -0.710. The summed E-state index contributed by atoms with van der Waals surface area (Å²) < 4.78 is 4.74. The van der Waals surface area contributed by atoms with E-state index in [4.69, 9.17) is 16.3 Å². The summed E-state index contributed by atoms with van der Waals surface area (Å²) in [4.78, 5) is 12.4. The predicted octanol–water partition coefficient (Wildman–Crippen LogP) is 3.83. The zero-order valence-corrected chi connectivity index (χ0v) is 13.3. The highest BCUT2D eigenvalue weighted by atomic mass is 35.5. The standard InChI is InChI=1S/C15H19ClO3S/c1-10(17)11-3-4-13(12(16)7-11)20-9-15(5-6-15)8-14(18)19-2/h3-4,7,10,17H,5-6,8-9H2,1-2H3/t10-/m1/s1. The molecule has 5 heteroatoms. The first-order chi connectivity index (χ1) is 9.46. The summed E-state index contributed by atoms with van der Waals surface area (Å²) in [5, 5.41) is 10.2. The van der Waals surface area contributed by atoms with Gasteiger partial charge in [-0.25, -0.2) is 0 Å². The Morgan fingerprint density at radius 1 is 1.55 bits per heavy atom. The lowest BCUT2D eigenvalue weighted by molar-refractivity contribution is -0.141. The number of hydrogen-bond acceptors (Lipinski definition) is 4. The van der Waals surface area contributed by atoms with Crippen LogP contribution < -0.4 is 0 Å². The maximum atomic E-state index is 11.4. The van der Waals surface area contributed by atoms with Crippen LogP contribution in [0.15, 0.2) is 23.1 Å². The summed E-state index contributed by atoms with van der Waals surface area (Å²) in [5.74, 6) is 0.731. The van der Waals surface area contributed by atoms with E-state index in [0.29, 0.717) is 11.4 Å². The predicted molar refractivity (Wildman–Crippen MR) is 81.1 cm³/mol. The first-order valence-electron chi connectivity index (χ1n) is 6.63. The van der Waals surface area contributed by atoms with Crippen molar-refractivity contribution in [2.45, 2.75) is 37.2 Å². The van der Waals surface area contributed by atoms with Crippen molar-refractivity contribution in [3.8, 4) is 0 Å². The molecule has 1 saturated carbocycles. The number of halogens is 1. The van der Waals surface area contributed by atoms with Crippen LogP contribution in [0.4, 0.5) is 0 Å². The zero-order chi connectivity index (χ0) is 14.8. The van der Waals surface area contributed by atoms with Gasteiger partial charge in [0.1, 0.15) is 0 Å². The second kappa shape index (κ2) is 6.37. The molecule has 0 radical (unpaired) electrons. The second-order valence-corrected chi connectivity index (χ2v) is 6.83. The molecule has 1 aliphatic rings. The smallest absolute Gasteiger partial charge is 0.306 e. The lowest BCUT2D eigenvalue weighted by Gasteiger charge is -2.14. The van der Waals surface area contributed by atoms with Gasteiger partial charge in [-0.15, -0.1) is 11.8 Å². The summed E-state index contributed by atoms with van der Waals surface area (Å²) >= 11 is 7.90. The first kappa shape index (κ1) is 15.7. The molecule has 0 aromatic heterocycles. The van der Waals surface area contributed by atoms with Gasteiger partial charge < -0.3 is 9.84 Å². The maximum absolute atomic E-state index is 11.4. The van der Waals surface area contributed by atoms with Crippen molar-refractivity contribution in [2.75, 3.05) is 12.9 Å². The first-order valence-corrected chi connectivity index (χ1v) is 7.99. The number of aliphatic hydroxyl groups is 1. The van der Waals surface area contributed by atoms with Gasteiger partial charge in [0.25, 0.3) is 0 Å². The van der Waals surface area contributed by atoms with Gasteiger partial charge in [-0.3, -0.25) is 4.79 Å². The minimum atomic E-state index is -0.513. The molecule has 110 valence electrons. The Labute approximate surface area is 128 Å². The molecule has 0 aliphatic heterocycles. The van der Waals surface area contributed by atoms with Crippen LogP contribution in [0.25, 0.3) is 0 Å². The minimum absolute atomic E-state index is 0.0873. The highest BCUT2D eigenvalue weighted by Crippen LogP contribution is 2.52. The van der Waals surface area contributed by atoms with Gasteiger partial charge >= 0.3 is 5.97 Å². The molecule has 20 heavy (non-hydrogen) atoms. The van der Waals surface area contributed by atoms with Crippen LogP contribution in [0, 0.1) is 5.41 Å². The fourth-order valence-electron chi connectivity index (χ4n) is 2.05. The number of carbonyl (C=O) groups excluding carboxylic acids is 1. The van der Waals surface area contributed by atoms with Crippen molar-refractivity contribution in [1.29, 1.82) is 0 Å². The highest BCUT2D eigenvalue weighted by molar-refractivity contribution is 7.99. The molecule has 0 heterocycles. The number of benzene rings is 1. The lowest BCUT2D eigenvalue weighted by atomic mass is 10.1. The van der Waals surface area contributed by atoms with E-state index in [2.05, 4.69) is 0 Å². The largest absolute Gasteiger partial charge is 0.469 e. The fraction of sp³-hybridized carbons (Fsp3) is 0.533. The molecule has 0 spiro atoms. The Balaban J connectivity index is 1.96. The third-order valence-electron chi connectivity index (χ3n) is 3.68. The average Bonchev–Trinajstić information content (AvgIpc) is 3.17. The molecule has 1 aromatic carbocycles. The number of methoxy groups -OCH3 is 1. The van der Waals surface area contributed by atoms with E-state index < -0.39 is 6.10 Å². The summed E-state index contributed by atoms with van der Waals surface area (Å²) in [6, 6.07) is 5.62. The Bertz CT molecular complexity index is 498. The number of aliphatic hydroxyl groups excluding tert-OH is 1. The molecule has 0 bridgehead atoms. The Morgan fingerprint density at radius 3 is 2.75 bits per heavy atom. The maximum Gasteiger partial charge on any atom is 0.306 e. The molecule has 2 rings (SSSR count). The van der Waals surface area contributed by atoms with Crippen LogP contribution in [0.1, 0.15) is 37.9 Å². The number of hydrogen-bond donors (Lipinski definition) is 1. The van der Waals surface area contributed by atoms with E-state index in [0.717, 1.165) is 29.1 Å². The number of esters is 1. The van der Waals surface area contributed by atoms with Crippen molar-refractivity contribution in [3.63, 3.8) is 0 Å². The molecule has 1 atom stereocenters. The highest BCUT2D eigenvalue weighted by Gasteiger charge is 2.44. The molecule has 0 amide bonds. The Morgan fingerprint density at radius 2 is 2.25 bits per heavy atom. The molecule has 0 saturated heterocycles. The zero-order valence-electron chi connectivity index (χ0n) is 11.7. The molecule has 1 aliphatic carbocycles. The van der Waals surface area contributed by atoms with Crippen molar-refractivity contribution in [3.05, 3.63) is 28.8 Å². The van der Waals surface area contributed by atoms with Crippen LogP contribution in [-0.4, -0.2) is 23.9 Å². The van der Waals surface area contributed by atoms with E-state index in [1.807, 2.05) is 12.1 Å². The van der Waals surface area contributed by atoms with E-state index in [1.165, 1.54) is 7.11 Å². The summed E-state index contributed by atoms with van der Waals surface area (Å²) in [6.45, 7) is 1.72. The fourth-order valence-corrected chi connectivity index (χ4v) is 3.62. The third kappa shape index (κ3) is 3.90. The third-order valence-corrected chi connectivity index (χ3v) is 5.52. The van der Waals surface area contributed by atoms with Crippen molar-refractivity contribution >= 4 is 29.3 Å². The van der Waals surface area contributed by atoms with Gasteiger partial charge in [-0.2, -0.15) is 0 Å². The van der Waals surface area contributed by atoms with Gasteiger partial charge in [0, 0.05) is 10.6 Å². The molecule has 1 N–H and O–H groups in total. The topological polar surface area (TPSA) is 46.5 Å². The molecular formula is C15H19ClO3S. The minimum Gasteiger partial charge on any atom is -0.469 e. The van der Waals surface area contributed by atoms with Gasteiger partial charge in [0.05, 0.1) is 24.7 Å². The van der Waals surface area contributed by atoms with Crippen LogP contribution >= 0.6 is 23.4 Å². The monoisotopic (exact) mass is 314 g/mol. The lowest BCUT2D eigenvalue weighted by Crippen LogP contribution is -2.13. The van der Waals surface area contributed by atoms with Gasteiger partial charge in [0.2, 0.25) is 0 Å². The van der Waals surface area contributed by atoms with Crippen molar-refractivity contribution < 1.29 is 14.6 Å². The van der Waals surface area contributed by atoms with Gasteiger partial charge in [-0.1, -0.05) is 17.7 Å². The molecule has 3 nitrogen and oxygen atoms in total. The van der Waals surface area contributed by atoms with Gasteiger partial charge in [0.15, 0.2) is 0 Å². The van der Waals surface area contributed by atoms with Gasteiger partial charge in [-0.05, 0) is 42.9 Å². The molecule has 1 aromatic rings. The average molecular weight is 315 g/mol. The van der Waals surface area contributed by atoms with Crippen molar-refractivity contribution in [2.24, 2.45) is 5.41 Å². The van der Waals surface area contributed by atoms with Crippen LogP contribution in [0.2, 0.25) is 5.02 Å². The van der Waals surface area contributed by atoms with E-state index in [1.54, 1.807) is 24.8 Å². The van der Waals surface area contributed by atoms with Crippen LogP contribution in [0.5, 0.6) is 0 Å². The normalized spacial score (nSPS) is 17.6. The summed E-state index contributed by atoms with van der Waals surface area (Å²) in [7, 11) is 1.43. The SMILES string of the molecule is COC(=O)CC1(CSc2ccc([C@@H](C)O)cc2Cl)CC1. The number of carbonyl (C=O) groups is 1. The quantitative estimate of drug-likeness (QED) is 0.640. The number of ether oxygens (including phenoxy) is 1. The second-order valence-electron chi connectivity index (χ2n) is 5.41. The summed E-state index contributed by atoms with van der Waals surface area (Å²) in [6.07, 6.45) is 2.11. The Kier molecular flexibility index (Phi) is 4.99. The molecule has 1 fully saturated rings. The van der Waals surface area contributed by atoms with E-state index in [9.17, 15) is 9.90 Å². The van der Waals surface area contributed by atoms with Crippen LogP contribution in [-0.2, 0) is 9.53 Å². The van der Waals surface area contributed by atoms with Crippen LogP contribution in [0.3, 0.4) is 0 Å². The van der Waals surface area contributed by atoms with Crippen molar-refractivity contribution in [1.82, 2.24) is 0 Å². The van der Waals surface area contributed by atoms with E-state index >= 15 is 0 Å². The number of rotatable bonds is 6. The summed E-state index contributed by atoms with van der Waals surface area (Å²) in [5.41, 5.74) is 0.902. The molecule has 0 unspecified atom stereocenters. The molecular weight excluding hydrogens is 296 g/mol.